The van der Waals surface area contributed by atoms with Crippen LogP contribution in [0.4, 0.5) is 5.69 Å². The van der Waals surface area contributed by atoms with E-state index in [1.54, 1.807) is 22.5 Å². The molecule has 27 heavy (non-hydrogen) atoms. The summed E-state index contributed by atoms with van der Waals surface area (Å²) in [4.78, 5) is 0.308. The van der Waals surface area contributed by atoms with Crippen LogP contribution in [0.5, 0.6) is 0 Å². The smallest absolute Gasteiger partial charge is 0.243 e. The highest BCUT2D eigenvalue weighted by Crippen LogP contribution is 2.34. The third-order valence-electron chi connectivity index (χ3n) is 4.71. The molecule has 5 nitrogen and oxygen atoms in total. The van der Waals surface area contributed by atoms with E-state index in [0.29, 0.717) is 35.0 Å². The Morgan fingerprint density at radius 2 is 1.85 bits per heavy atom. The van der Waals surface area contributed by atoms with Crippen molar-refractivity contribution in [1.29, 1.82) is 0 Å². The fourth-order valence-corrected chi connectivity index (χ4v) is 6.25. The maximum absolute atomic E-state index is 13.1. The third kappa shape index (κ3) is 3.59. The zero-order chi connectivity index (χ0) is 19.2. The Kier molecular flexibility index (Phi) is 4.49. The molecule has 0 spiro atoms. The van der Waals surface area contributed by atoms with Crippen molar-refractivity contribution in [2.24, 2.45) is 0 Å². The average Bonchev–Trinajstić information content (AvgIpc) is 3.04. The van der Waals surface area contributed by atoms with Crippen LogP contribution in [0.3, 0.4) is 0 Å². The Bertz CT molecular complexity index is 1090. The standard InChI is InChI=1S/C20H22N2O3S2/c1-20(2)13-22(9-10-26-20)27(23,24)17-7-8-18-15(11-17)12-19(25-18)14-3-5-16(21)6-4-14/h3-8,11-12H,9-10,13,21H2,1-2H3. The van der Waals surface area contributed by atoms with E-state index in [2.05, 4.69) is 13.8 Å². The van der Waals surface area contributed by atoms with Gasteiger partial charge in [0.15, 0.2) is 0 Å². The van der Waals surface area contributed by atoms with Gasteiger partial charge in [-0.15, -0.1) is 0 Å². The highest BCUT2D eigenvalue weighted by Gasteiger charge is 2.34. The molecule has 2 aromatic carbocycles. The van der Waals surface area contributed by atoms with Crippen LogP contribution >= 0.6 is 11.8 Å². The fraction of sp³-hybridized carbons (Fsp3) is 0.300. The van der Waals surface area contributed by atoms with Crippen LogP contribution in [0.15, 0.2) is 57.8 Å². The Labute approximate surface area is 163 Å². The maximum Gasteiger partial charge on any atom is 0.243 e. The van der Waals surface area contributed by atoms with E-state index in [4.69, 9.17) is 10.2 Å². The molecule has 0 bridgehead atoms. The molecule has 1 aliphatic rings. The summed E-state index contributed by atoms with van der Waals surface area (Å²) in [5.41, 5.74) is 7.98. The van der Waals surface area contributed by atoms with Crippen molar-refractivity contribution in [3.05, 3.63) is 48.5 Å². The SMILES string of the molecule is CC1(C)CN(S(=O)(=O)c2ccc3oc(-c4ccc(N)cc4)cc3c2)CCS1. The highest BCUT2D eigenvalue weighted by atomic mass is 32.2. The van der Waals surface area contributed by atoms with Gasteiger partial charge in [-0.1, -0.05) is 0 Å². The topological polar surface area (TPSA) is 76.5 Å². The Morgan fingerprint density at radius 1 is 1.11 bits per heavy atom. The Hall–Kier alpha value is -1.96. The van der Waals surface area contributed by atoms with Gasteiger partial charge in [0.05, 0.1) is 4.90 Å². The summed E-state index contributed by atoms with van der Waals surface area (Å²) in [5.74, 6) is 1.50. The van der Waals surface area contributed by atoms with Gasteiger partial charge in [0.25, 0.3) is 0 Å². The number of anilines is 1. The van der Waals surface area contributed by atoms with E-state index < -0.39 is 10.0 Å². The molecule has 0 unspecified atom stereocenters. The Morgan fingerprint density at radius 3 is 2.56 bits per heavy atom. The predicted octanol–water partition coefficient (Wildman–Crippen LogP) is 4.20. The van der Waals surface area contributed by atoms with E-state index >= 15 is 0 Å². The molecule has 1 aromatic heterocycles. The van der Waals surface area contributed by atoms with E-state index in [-0.39, 0.29) is 4.75 Å². The number of sulfonamides is 1. The van der Waals surface area contributed by atoms with E-state index in [0.717, 1.165) is 16.7 Å². The second-order valence-corrected chi connectivity index (χ2v) is 11.1. The van der Waals surface area contributed by atoms with Gasteiger partial charge in [0.1, 0.15) is 11.3 Å². The molecule has 4 rings (SSSR count). The second-order valence-electron chi connectivity index (χ2n) is 7.38. The summed E-state index contributed by atoms with van der Waals surface area (Å²) < 4.78 is 33.6. The normalized spacial score (nSPS) is 18.0. The highest BCUT2D eigenvalue weighted by molar-refractivity contribution is 8.00. The van der Waals surface area contributed by atoms with Crippen molar-refractivity contribution in [2.45, 2.75) is 23.5 Å². The van der Waals surface area contributed by atoms with Gasteiger partial charge in [0.2, 0.25) is 10.0 Å². The summed E-state index contributed by atoms with van der Waals surface area (Å²) in [5, 5.41) is 0.772. The number of nitrogens with zero attached hydrogens (tertiary/aromatic N) is 1. The lowest BCUT2D eigenvalue weighted by molar-refractivity contribution is 0.387. The molecule has 2 heterocycles. The third-order valence-corrected chi connectivity index (χ3v) is 7.85. The second kappa shape index (κ2) is 6.58. The summed E-state index contributed by atoms with van der Waals surface area (Å²) in [6.45, 7) is 5.21. The molecule has 0 radical (unpaired) electrons. The number of benzene rings is 2. The van der Waals surface area contributed by atoms with E-state index in [1.165, 1.54) is 0 Å². The first kappa shape index (κ1) is 18.4. The number of fused-ring (bicyclic) bond motifs is 1. The van der Waals surface area contributed by atoms with E-state index in [1.807, 2.05) is 42.1 Å². The van der Waals surface area contributed by atoms with Gasteiger partial charge in [-0.05, 0) is 62.4 Å². The first-order valence-electron chi connectivity index (χ1n) is 8.78. The molecule has 142 valence electrons. The minimum absolute atomic E-state index is 0.0760. The molecule has 1 fully saturated rings. The molecular formula is C20H22N2O3S2. The number of hydrogen-bond acceptors (Lipinski definition) is 5. The number of thioether (sulfide) groups is 1. The van der Waals surface area contributed by atoms with Crippen molar-refractivity contribution in [2.75, 3.05) is 24.6 Å². The van der Waals surface area contributed by atoms with Crippen LogP contribution in [0.2, 0.25) is 0 Å². The van der Waals surface area contributed by atoms with Gasteiger partial charge in [-0.2, -0.15) is 16.1 Å². The molecule has 2 N–H and O–H groups in total. The quantitative estimate of drug-likeness (QED) is 0.665. The lowest BCUT2D eigenvalue weighted by atomic mass is 10.1. The van der Waals surface area contributed by atoms with Crippen molar-refractivity contribution < 1.29 is 12.8 Å². The largest absolute Gasteiger partial charge is 0.456 e. The number of hydrogen-bond donors (Lipinski definition) is 1. The van der Waals surface area contributed by atoms with Crippen LogP contribution in [0.1, 0.15) is 13.8 Å². The monoisotopic (exact) mass is 402 g/mol. The molecule has 0 aliphatic carbocycles. The van der Waals surface area contributed by atoms with Gasteiger partial charge in [0, 0.05) is 40.2 Å². The molecule has 0 saturated carbocycles. The molecule has 0 atom stereocenters. The number of furan rings is 1. The average molecular weight is 403 g/mol. The van der Waals surface area contributed by atoms with Crippen molar-refractivity contribution >= 4 is 38.4 Å². The fourth-order valence-electron chi connectivity index (χ4n) is 3.30. The number of nitrogen functional groups attached to an aromatic ring is 1. The number of nitrogens with two attached hydrogens (primary N) is 1. The molecule has 1 aliphatic heterocycles. The van der Waals surface area contributed by atoms with Gasteiger partial charge >= 0.3 is 0 Å². The maximum atomic E-state index is 13.1. The molecular weight excluding hydrogens is 380 g/mol. The zero-order valence-corrected chi connectivity index (χ0v) is 16.9. The van der Waals surface area contributed by atoms with Crippen molar-refractivity contribution in [1.82, 2.24) is 4.31 Å². The predicted molar refractivity (Wildman–Crippen MR) is 111 cm³/mol. The first-order valence-corrected chi connectivity index (χ1v) is 11.2. The minimum atomic E-state index is -3.52. The molecule has 0 amide bonds. The summed E-state index contributed by atoms with van der Waals surface area (Å²) >= 11 is 1.81. The Balaban J connectivity index is 1.70. The van der Waals surface area contributed by atoms with Gasteiger partial charge in [-0.25, -0.2) is 8.42 Å². The summed E-state index contributed by atoms with van der Waals surface area (Å²) in [6, 6.07) is 14.3. The van der Waals surface area contributed by atoms with Crippen LogP contribution in [0.25, 0.3) is 22.3 Å². The van der Waals surface area contributed by atoms with Crippen molar-refractivity contribution in [3.63, 3.8) is 0 Å². The number of rotatable bonds is 3. The first-order chi connectivity index (χ1) is 12.7. The zero-order valence-electron chi connectivity index (χ0n) is 15.3. The van der Waals surface area contributed by atoms with Crippen LogP contribution in [0, 0.1) is 0 Å². The van der Waals surface area contributed by atoms with Crippen LogP contribution in [-0.4, -0.2) is 36.3 Å². The molecule has 3 aromatic rings. The lowest BCUT2D eigenvalue weighted by Gasteiger charge is -2.36. The lowest BCUT2D eigenvalue weighted by Crippen LogP contribution is -2.46. The minimum Gasteiger partial charge on any atom is -0.456 e. The van der Waals surface area contributed by atoms with Gasteiger partial charge < -0.3 is 10.2 Å². The van der Waals surface area contributed by atoms with Crippen LogP contribution in [-0.2, 0) is 10.0 Å². The molecule has 7 heteroatoms. The van der Waals surface area contributed by atoms with Gasteiger partial charge in [-0.3, -0.25) is 0 Å². The van der Waals surface area contributed by atoms with Crippen LogP contribution < -0.4 is 5.73 Å². The summed E-state index contributed by atoms with van der Waals surface area (Å²) in [7, 11) is -3.52. The van der Waals surface area contributed by atoms with E-state index in [9.17, 15) is 8.42 Å². The summed E-state index contributed by atoms with van der Waals surface area (Å²) in [6.07, 6.45) is 0. The molecule has 1 saturated heterocycles. The van der Waals surface area contributed by atoms with Crippen molar-refractivity contribution in [3.8, 4) is 11.3 Å².